The molecule has 3 atom stereocenters. The van der Waals surface area contributed by atoms with Crippen molar-refractivity contribution in [2.75, 3.05) is 19.8 Å². The number of hydrogen-bond donors (Lipinski definition) is 1. The van der Waals surface area contributed by atoms with Crippen LogP contribution >= 0.6 is 0 Å². The number of carbonyl (C=O) groups is 3. The van der Waals surface area contributed by atoms with Crippen molar-refractivity contribution < 1.29 is 23.9 Å². The number of allylic oxidation sites excluding steroid dienone is 3. The number of aromatic amines is 1. The Morgan fingerprint density at radius 1 is 1.26 bits per heavy atom. The lowest BCUT2D eigenvalue weighted by molar-refractivity contribution is -0.135. The molecule has 6 rings (SSSR count). The number of ketones is 2. The zero-order valence-corrected chi connectivity index (χ0v) is 21.3. The summed E-state index contributed by atoms with van der Waals surface area (Å²) in [5.41, 5.74) is 1.13. The van der Waals surface area contributed by atoms with Crippen LogP contribution < -0.4 is 0 Å². The van der Waals surface area contributed by atoms with Crippen LogP contribution in [0.25, 0.3) is 0 Å². The van der Waals surface area contributed by atoms with Gasteiger partial charge in [0.2, 0.25) is 11.7 Å². The second kappa shape index (κ2) is 9.92. The topological polar surface area (TPSA) is 118 Å². The van der Waals surface area contributed by atoms with E-state index in [-0.39, 0.29) is 62.1 Å². The minimum atomic E-state index is -1.19. The number of carbonyl (C=O) groups excluding carboxylic acids is 3. The molecule has 10 heteroatoms. The maximum atomic E-state index is 13.5. The Labute approximate surface area is 220 Å². The van der Waals surface area contributed by atoms with Crippen molar-refractivity contribution in [3.8, 4) is 0 Å². The molecule has 3 fully saturated rings. The van der Waals surface area contributed by atoms with Gasteiger partial charge in [0, 0.05) is 25.6 Å². The number of fused-ring (bicyclic) bond motifs is 2. The van der Waals surface area contributed by atoms with Crippen LogP contribution in [-0.2, 0) is 37.0 Å². The molecular formula is C28H31N5O5. The van der Waals surface area contributed by atoms with Crippen molar-refractivity contribution in [2.45, 2.75) is 51.0 Å². The molecule has 1 N–H and O–H groups in total. The fraction of sp³-hybridized carbons (Fsp3) is 0.464. The van der Waals surface area contributed by atoms with E-state index in [1.165, 1.54) is 6.20 Å². The van der Waals surface area contributed by atoms with E-state index in [0.29, 0.717) is 23.7 Å². The Morgan fingerprint density at radius 2 is 2.08 bits per heavy atom. The first kappa shape index (κ1) is 24.7. The monoisotopic (exact) mass is 517 g/mol. The SMILES string of the molecule is C[C@@H](C1CC1)N(Cc1ccccc1)C(=O)CN1COC2(C1)C(=O)CC1C(=O)C(OCc3cn[nH]n3)=CC=C12. The second-order valence-corrected chi connectivity index (χ2v) is 10.6. The summed E-state index contributed by atoms with van der Waals surface area (Å²) in [5, 5.41) is 10.2. The first-order valence-electron chi connectivity index (χ1n) is 13.1. The quantitative estimate of drug-likeness (QED) is 0.538. The van der Waals surface area contributed by atoms with Gasteiger partial charge in [-0.1, -0.05) is 36.4 Å². The van der Waals surface area contributed by atoms with Crippen LogP contribution in [0.4, 0.5) is 0 Å². The van der Waals surface area contributed by atoms with Crippen LogP contribution in [0.15, 0.2) is 60.0 Å². The fourth-order valence-electron chi connectivity index (χ4n) is 5.78. The highest BCUT2D eigenvalue weighted by molar-refractivity contribution is 6.08. The zero-order valence-electron chi connectivity index (χ0n) is 21.3. The molecule has 0 radical (unpaired) electrons. The van der Waals surface area contributed by atoms with Gasteiger partial charge < -0.3 is 14.4 Å². The van der Waals surface area contributed by atoms with Crippen molar-refractivity contribution in [1.29, 1.82) is 0 Å². The fourth-order valence-corrected chi connectivity index (χ4v) is 5.78. The average Bonchev–Trinajstić information content (AvgIpc) is 3.35. The molecule has 0 bridgehead atoms. The number of H-pyrrole nitrogens is 1. The molecule has 38 heavy (non-hydrogen) atoms. The standard InChI is InChI=1S/C28H31N5O5/c1-18(20-7-8-20)33(13-19-5-3-2-4-6-19)26(35)14-32-16-28(38-17-32)23-9-10-24(27(36)22(23)11-25(28)34)37-15-21-12-29-31-30-21/h2-6,9-10,12,18,20,22H,7-8,11,13-17H2,1H3,(H,29,30,31)/t18-,22?,28?/m0/s1. The van der Waals surface area contributed by atoms with E-state index in [9.17, 15) is 14.4 Å². The number of hydrogen-bond acceptors (Lipinski definition) is 8. The van der Waals surface area contributed by atoms with Crippen LogP contribution in [0.2, 0.25) is 0 Å². The van der Waals surface area contributed by atoms with E-state index >= 15 is 0 Å². The third kappa shape index (κ3) is 4.58. The molecule has 2 unspecified atom stereocenters. The predicted molar refractivity (Wildman–Crippen MR) is 135 cm³/mol. The number of Topliss-reactive ketones (excluding diaryl/α,β-unsaturated/α-hetero) is 2. The summed E-state index contributed by atoms with van der Waals surface area (Å²) >= 11 is 0. The molecule has 2 heterocycles. The molecule has 1 amide bonds. The Kier molecular flexibility index (Phi) is 6.45. The minimum Gasteiger partial charge on any atom is -0.483 e. The molecule has 1 spiro atoms. The van der Waals surface area contributed by atoms with E-state index in [1.54, 1.807) is 12.2 Å². The number of ether oxygens (including phenoxy) is 2. The highest BCUT2D eigenvalue weighted by atomic mass is 16.5. The molecule has 2 saturated carbocycles. The predicted octanol–water partition coefficient (Wildman–Crippen LogP) is 2.16. The zero-order chi connectivity index (χ0) is 26.3. The Balaban J connectivity index is 1.15. The van der Waals surface area contributed by atoms with Gasteiger partial charge in [0.25, 0.3) is 0 Å². The van der Waals surface area contributed by atoms with Gasteiger partial charge in [-0.2, -0.15) is 15.4 Å². The summed E-state index contributed by atoms with van der Waals surface area (Å²) in [5.74, 6) is -0.223. The normalized spacial score (nSPS) is 25.8. The number of benzene rings is 1. The van der Waals surface area contributed by atoms with Gasteiger partial charge in [0.1, 0.15) is 19.0 Å². The first-order valence-corrected chi connectivity index (χ1v) is 13.1. The number of aromatic nitrogens is 3. The lowest BCUT2D eigenvalue weighted by Gasteiger charge is -2.31. The highest BCUT2D eigenvalue weighted by Gasteiger charge is 2.58. The van der Waals surface area contributed by atoms with Crippen molar-refractivity contribution in [2.24, 2.45) is 11.8 Å². The number of rotatable bonds is 9. The third-order valence-electron chi connectivity index (χ3n) is 8.11. The van der Waals surface area contributed by atoms with E-state index < -0.39 is 11.5 Å². The average molecular weight is 518 g/mol. The summed E-state index contributed by atoms with van der Waals surface area (Å²) in [6.07, 6.45) is 7.26. The van der Waals surface area contributed by atoms with Crippen LogP contribution in [0.5, 0.6) is 0 Å². The molecular weight excluding hydrogens is 486 g/mol. The van der Waals surface area contributed by atoms with E-state index in [4.69, 9.17) is 9.47 Å². The van der Waals surface area contributed by atoms with Gasteiger partial charge in [-0.15, -0.1) is 0 Å². The molecule has 3 aliphatic carbocycles. The Hall–Kier alpha value is -3.63. The maximum absolute atomic E-state index is 13.5. The molecule has 10 nitrogen and oxygen atoms in total. The molecule has 4 aliphatic rings. The van der Waals surface area contributed by atoms with E-state index in [2.05, 4.69) is 22.3 Å². The van der Waals surface area contributed by atoms with Gasteiger partial charge in [0.05, 0.1) is 18.7 Å². The molecule has 1 aromatic carbocycles. The van der Waals surface area contributed by atoms with E-state index in [0.717, 1.165) is 18.4 Å². The molecule has 1 aliphatic heterocycles. The minimum absolute atomic E-state index is 0.0213. The lowest BCUT2D eigenvalue weighted by atomic mass is 9.86. The van der Waals surface area contributed by atoms with Crippen molar-refractivity contribution >= 4 is 17.5 Å². The maximum Gasteiger partial charge on any atom is 0.237 e. The summed E-state index contributed by atoms with van der Waals surface area (Å²) in [7, 11) is 0. The van der Waals surface area contributed by atoms with E-state index in [1.807, 2.05) is 40.1 Å². The van der Waals surface area contributed by atoms with Gasteiger partial charge >= 0.3 is 0 Å². The van der Waals surface area contributed by atoms with Crippen LogP contribution in [0.3, 0.4) is 0 Å². The second-order valence-electron chi connectivity index (χ2n) is 10.6. The summed E-state index contributed by atoms with van der Waals surface area (Å²) < 4.78 is 11.8. The van der Waals surface area contributed by atoms with Crippen molar-refractivity contribution in [1.82, 2.24) is 25.2 Å². The van der Waals surface area contributed by atoms with Gasteiger partial charge in [-0.3, -0.25) is 19.3 Å². The van der Waals surface area contributed by atoms with Crippen LogP contribution in [0.1, 0.15) is 37.4 Å². The molecule has 2 aromatic rings. The van der Waals surface area contributed by atoms with Crippen molar-refractivity contribution in [3.63, 3.8) is 0 Å². The summed E-state index contributed by atoms with van der Waals surface area (Å²) in [6, 6.07) is 10.2. The molecule has 1 aromatic heterocycles. The van der Waals surface area contributed by atoms with Crippen LogP contribution in [-0.4, -0.2) is 74.1 Å². The largest absolute Gasteiger partial charge is 0.483 e. The summed E-state index contributed by atoms with van der Waals surface area (Å²) in [6.45, 7) is 3.36. The first-order chi connectivity index (χ1) is 18.4. The highest BCUT2D eigenvalue weighted by Crippen LogP contribution is 2.46. The smallest absolute Gasteiger partial charge is 0.237 e. The Morgan fingerprint density at radius 3 is 2.82 bits per heavy atom. The Bertz CT molecular complexity index is 1290. The number of nitrogens with zero attached hydrogens (tertiary/aromatic N) is 4. The van der Waals surface area contributed by atoms with Gasteiger partial charge in [-0.25, -0.2) is 0 Å². The number of amides is 1. The van der Waals surface area contributed by atoms with Gasteiger partial charge in [-0.05, 0) is 42.9 Å². The third-order valence-corrected chi connectivity index (χ3v) is 8.11. The molecule has 198 valence electrons. The van der Waals surface area contributed by atoms with Crippen LogP contribution in [0, 0.1) is 11.8 Å². The molecule has 1 saturated heterocycles. The van der Waals surface area contributed by atoms with Gasteiger partial charge in [0.15, 0.2) is 17.1 Å². The summed E-state index contributed by atoms with van der Waals surface area (Å²) in [4.78, 5) is 43.8. The van der Waals surface area contributed by atoms with Crippen molar-refractivity contribution in [3.05, 3.63) is 71.3 Å². The number of nitrogens with one attached hydrogen (secondary N) is 1. The lowest BCUT2D eigenvalue weighted by Crippen LogP contribution is -2.46.